The van der Waals surface area contributed by atoms with E-state index in [4.69, 9.17) is 4.74 Å². The number of ether oxygens (including phenoxy) is 1. The predicted molar refractivity (Wildman–Crippen MR) is 71.7 cm³/mol. The van der Waals surface area contributed by atoms with E-state index in [2.05, 4.69) is 10.4 Å². The van der Waals surface area contributed by atoms with Crippen LogP contribution in [0.4, 0.5) is 4.39 Å². The largest absolute Gasteiger partial charge is 0.494 e. The number of aromatic nitrogens is 2. The molecule has 19 heavy (non-hydrogen) atoms. The van der Waals surface area contributed by atoms with Gasteiger partial charge in [-0.2, -0.15) is 5.10 Å². The van der Waals surface area contributed by atoms with Crippen LogP contribution in [-0.2, 0) is 7.05 Å². The normalized spacial score (nSPS) is 12.4. The first-order valence-corrected chi connectivity index (χ1v) is 6.22. The van der Waals surface area contributed by atoms with Gasteiger partial charge < -0.3 is 10.1 Å². The van der Waals surface area contributed by atoms with Crippen molar-refractivity contribution in [3.05, 3.63) is 47.5 Å². The quantitative estimate of drug-likeness (QED) is 0.899. The summed E-state index contributed by atoms with van der Waals surface area (Å²) < 4.78 is 21.2. The highest BCUT2D eigenvalue weighted by atomic mass is 19.1. The van der Waals surface area contributed by atoms with Crippen LogP contribution in [0.5, 0.6) is 5.75 Å². The van der Waals surface area contributed by atoms with E-state index in [1.165, 1.54) is 7.11 Å². The Morgan fingerprint density at radius 1 is 1.42 bits per heavy atom. The molecule has 1 atom stereocenters. The van der Waals surface area contributed by atoms with Gasteiger partial charge in [0.05, 0.1) is 18.8 Å². The summed E-state index contributed by atoms with van der Waals surface area (Å²) in [6.45, 7) is 2.72. The monoisotopic (exact) mass is 263 g/mol. The molecular formula is C14H18FN3O. The van der Waals surface area contributed by atoms with E-state index in [1.54, 1.807) is 29.1 Å². The van der Waals surface area contributed by atoms with Crippen LogP contribution in [0, 0.1) is 5.82 Å². The van der Waals surface area contributed by atoms with Crippen LogP contribution in [0.3, 0.4) is 0 Å². The molecule has 1 aromatic carbocycles. The van der Waals surface area contributed by atoms with Crippen molar-refractivity contribution in [3.63, 3.8) is 0 Å². The number of benzene rings is 1. The Hall–Kier alpha value is -1.88. The third kappa shape index (κ3) is 2.61. The number of rotatable bonds is 5. The van der Waals surface area contributed by atoms with Gasteiger partial charge in [-0.05, 0) is 18.7 Å². The minimum atomic E-state index is -0.336. The molecule has 1 aromatic heterocycles. The predicted octanol–water partition coefficient (Wildman–Crippen LogP) is 2.27. The van der Waals surface area contributed by atoms with Gasteiger partial charge in [-0.25, -0.2) is 4.39 Å². The molecule has 5 heteroatoms. The molecule has 0 spiro atoms. The van der Waals surface area contributed by atoms with E-state index in [9.17, 15) is 4.39 Å². The molecule has 0 bridgehead atoms. The highest BCUT2D eigenvalue weighted by molar-refractivity contribution is 5.36. The minimum absolute atomic E-state index is 0.243. The highest BCUT2D eigenvalue weighted by Gasteiger charge is 2.21. The molecule has 1 heterocycles. The number of methoxy groups -OCH3 is 1. The van der Waals surface area contributed by atoms with Crippen LogP contribution in [0.25, 0.3) is 0 Å². The third-order valence-corrected chi connectivity index (χ3v) is 3.09. The molecule has 1 unspecified atom stereocenters. The Bertz CT molecular complexity index is 553. The molecule has 0 aliphatic heterocycles. The Labute approximate surface area is 112 Å². The first-order valence-electron chi connectivity index (χ1n) is 6.22. The number of hydrogen-bond donors (Lipinski definition) is 1. The van der Waals surface area contributed by atoms with Gasteiger partial charge in [0.2, 0.25) is 0 Å². The molecule has 2 aromatic rings. The maximum absolute atomic E-state index is 14.4. The van der Waals surface area contributed by atoms with Gasteiger partial charge in [-0.1, -0.05) is 19.1 Å². The number of hydrogen-bond acceptors (Lipinski definition) is 3. The number of nitrogens with zero attached hydrogens (tertiary/aromatic N) is 2. The zero-order chi connectivity index (χ0) is 13.8. The summed E-state index contributed by atoms with van der Waals surface area (Å²) in [6, 6.07) is 6.81. The van der Waals surface area contributed by atoms with Crippen LogP contribution in [0.15, 0.2) is 30.5 Å². The summed E-state index contributed by atoms with van der Waals surface area (Å²) in [7, 11) is 3.31. The molecule has 0 saturated carbocycles. The van der Waals surface area contributed by atoms with Gasteiger partial charge in [0.15, 0.2) is 11.6 Å². The summed E-state index contributed by atoms with van der Waals surface area (Å²) >= 11 is 0. The van der Waals surface area contributed by atoms with Crippen LogP contribution < -0.4 is 10.1 Å². The lowest BCUT2D eigenvalue weighted by atomic mass is 10.0. The van der Waals surface area contributed by atoms with Gasteiger partial charge >= 0.3 is 0 Å². The maximum Gasteiger partial charge on any atom is 0.170 e. The van der Waals surface area contributed by atoms with Gasteiger partial charge in [0, 0.05) is 18.8 Å². The van der Waals surface area contributed by atoms with Crippen molar-refractivity contribution in [3.8, 4) is 5.75 Å². The Kier molecular flexibility index (Phi) is 4.16. The summed E-state index contributed by atoms with van der Waals surface area (Å²) in [5.41, 5.74) is 1.47. The van der Waals surface area contributed by atoms with Gasteiger partial charge in [-0.3, -0.25) is 4.68 Å². The minimum Gasteiger partial charge on any atom is -0.494 e. The molecular weight excluding hydrogens is 245 g/mol. The van der Waals surface area contributed by atoms with Gasteiger partial charge in [-0.15, -0.1) is 0 Å². The molecule has 0 aliphatic rings. The summed E-state index contributed by atoms with van der Waals surface area (Å²) in [5.74, 6) is -0.0836. The Morgan fingerprint density at radius 3 is 2.79 bits per heavy atom. The smallest absolute Gasteiger partial charge is 0.170 e. The average Bonchev–Trinajstić information content (AvgIpc) is 2.83. The Balaban J connectivity index is 2.48. The van der Waals surface area contributed by atoms with E-state index >= 15 is 0 Å². The average molecular weight is 263 g/mol. The van der Waals surface area contributed by atoms with Crippen molar-refractivity contribution >= 4 is 0 Å². The SMILES string of the molecule is CCNC(c1cccc(OC)c1F)c1ccnn1C. The first-order chi connectivity index (χ1) is 9.19. The van der Waals surface area contributed by atoms with E-state index in [0.717, 1.165) is 12.2 Å². The molecule has 0 fully saturated rings. The molecule has 102 valence electrons. The maximum atomic E-state index is 14.4. The lowest BCUT2D eigenvalue weighted by Crippen LogP contribution is -2.25. The Morgan fingerprint density at radius 2 is 2.21 bits per heavy atom. The van der Waals surface area contributed by atoms with E-state index in [0.29, 0.717) is 5.56 Å². The fourth-order valence-corrected chi connectivity index (χ4v) is 2.15. The molecule has 0 saturated heterocycles. The zero-order valence-corrected chi connectivity index (χ0v) is 11.4. The number of halogens is 1. The van der Waals surface area contributed by atoms with Gasteiger partial charge in [0.1, 0.15) is 0 Å². The van der Waals surface area contributed by atoms with E-state index in [1.807, 2.05) is 20.0 Å². The zero-order valence-electron chi connectivity index (χ0n) is 11.4. The van der Waals surface area contributed by atoms with Crippen molar-refractivity contribution in [1.29, 1.82) is 0 Å². The summed E-state index contributed by atoms with van der Waals surface area (Å²) in [6.07, 6.45) is 1.71. The van der Waals surface area contributed by atoms with Crippen molar-refractivity contribution in [1.82, 2.24) is 15.1 Å². The van der Waals surface area contributed by atoms with Crippen molar-refractivity contribution in [2.45, 2.75) is 13.0 Å². The molecule has 0 aliphatic carbocycles. The second-order valence-electron chi connectivity index (χ2n) is 4.23. The second-order valence-corrected chi connectivity index (χ2v) is 4.23. The topological polar surface area (TPSA) is 39.1 Å². The fourth-order valence-electron chi connectivity index (χ4n) is 2.15. The molecule has 2 rings (SSSR count). The third-order valence-electron chi connectivity index (χ3n) is 3.09. The van der Waals surface area contributed by atoms with Crippen molar-refractivity contribution in [2.75, 3.05) is 13.7 Å². The lowest BCUT2D eigenvalue weighted by molar-refractivity contribution is 0.381. The van der Waals surface area contributed by atoms with Crippen LogP contribution in [-0.4, -0.2) is 23.4 Å². The van der Waals surface area contributed by atoms with Crippen molar-refractivity contribution in [2.24, 2.45) is 7.05 Å². The van der Waals surface area contributed by atoms with Crippen molar-refractivity contribution < 1.29 is 9.13 Å². The summed E-state index contributed by atoms with van der Waals surface area (Å²) in [5, 5.41) is 7.42. The molecule has 4 nitrogen and oxygen atoms in total. The van der Waals surface area contributed by atoms with Crippen LogP contribution in [0.1, 0.15) is 24.2 Å². The number of aryl methyl sites for hydroxylation is 1. The van der Waals surface area contributed by atoms with Crippen LogP contribution >= 0.6 is 0 Å². The summed E-state index contributed by atoms with van der Waals surface area (Å²) in [4.78, 5) is 0. The standard InChI is InChI=1S/C14H18FN3O/c1-4-16-14(11-8-9-17-18(11)2)10-6-5-7-12(19-3)13(10)15/h5-9,14,16H,4H2,1-3H3. The molecule has 0 radical (unpaired) electrons. The first kappa shape index (κ1) is 13.5. The van der Waals surface area contributed by atoms with Gasteiger partial charge in [0.25, 0.3) is 0 Å². The highest BCUT2D eigenvalue weighted by Crippen LogP contribution is 2.28. The van der Waals surface area contributed by atoms with E-state index < -0.39 is 0 Å². The van der Waals surface area contributed by atoms with E-state index in [-0.39, 0.29) is 17.6 Å². The fraction of sp³-hybridized carbons (Fsp3) is 0.357. The molecule has 0 amide bonds. The second kappa shape index (κ2) is 5.84. The molecule has 1 N–H and O–H groups in total. The number of nitrogens with one attached hydrogen (secondary N) is 1. The van der Waals surface area contributed by atoms with Crippen LogP contribution in [0.2, 0.25) is 0 Å². The lowest BCUT2D eigenvalue weighted by Gasteiger charge is -2.20.